The van der Waals surface area contributed by atoms with Crippen LogP contribution in [-0.2, 0) is 17.6 Å². The molecular weight excluding hydrogens is 494 g/mol. The van der Waals surface area contributed by atoms with Crippen molar-refractivity contribution in [2.24, 2.45) is 5.73 Å². The number of rotatable bonds is 9. The van der Waals surface area contributed by atoms with Gasteiger partial charge in [-0.15, -0.1) is 0 Å². The molecule has 1 aliphatic rings. The molecule has 0 aliphatic carbocycles. The minimum absolute atomic E-state index is 0.204. The summed E-state index contributed by atoms with van der Waals surface area (Å²) in [6, 6.07) is 10.1. The molecule has 0 saturated heterocycles. The first-order valence-corrected chi connectivity index (χ1v) is 12.4. The first kappa shape index (κ1) is 26.7. The van der Waals surface area contributed by atoms with Gasteiger partial charge in [-0.05, 0) is 67.3 Å². The Labute approximate surface area is 219 Å². The highest BCUT2D eigenvalue weighted by molar-refractivity contribution is 5.91. The molecule has 3 aromatic carbocycles. The van der Waals surface area contributed by atoms with Crippen LogP contribution in [-0.4, -0.2) is 49.3 Å². The Hall–Kier alpha value is -4.31. The number of carbonyl (C=O) groups excluding carboxylic acids is 1. The van der Waals surface area contributed by atoms with E-state index < -0.39 is 52.7 Å². The van der Waals surface area contributed by atoms with Crippen molar-refractivity contribution in [2.75, 3.05) is 6.54 Å². The molecular formula is C28H31NO9. The SMILES string of the molecule is NCCCCCCc1ccc2c(c1)C[C@@H](OC(=O)c1cc(O)c(O)c(O)c1)[C@@H](c1cc(O)c(O)c(O)c1)O2. The minimum atomic E-state index is -0.967. The summed E-state index contributed by atoms with van der Waals surface area (Å²) < 4.78 is 11.9. The first-order valence-electron chi connectivity index (χ1n) is 12.4. The number of aryl methyl sites for hydroxylation is 1. The van der Waals surface area contributed by atoms with E-state index in [0.717, 1.165) is 55.4 Å². The summed E-state index contributed by atoms with van der Waals surface area (Å²) >= 11 is 0. The van der Waals surface area contributed by atoms with E-state index in [4.69, 9.17) is 15.2 Å². The highest BCUT2D eigenvalue weighted by atomic mass is 16.6. The van der Waals surface area contributed by atoms with E-state index in [-0.39, 0.29) is 17.5 Å². The number of hydrogen-bond acceptors (Lipinski definition) is 10. The maximum atomic E-state index is 13.0. The van der Waals surface area contributed by atoms with Gasteiger partial charge >= 0.3 is 5.97 Å². The standard InChI is InChI=1S/C28H31NO9/c29-8-4-2-1-3-5-15-6-7-23-16(9-15)14-24(27(37-23)17-10-19(30)25(34)20(31)11-17)38-28(36)18-12-21(32)26(35)22(33)13-18/h6-7,9-13,24,27,30-35H,1-5,8,14,29H2/t24-,27-/m1/s1. The van der Waals surface area contributed by atoms with Crippen LogP contribution in [0.2, 0.25) is 0 Å². The van der Waals surface area contributed by atoms with Crippen LogP contribution in [0.25, 0.3) is 0 Å². The lowest BCUT2D eigenvalue weighted by Gasteiger charge is -2.34. The van der Waals surface area contributed by atoms with Gasteiger partial charge in [-0.25, -0.2) is 4.79 Å². The predicted octanol–water partition coefficient (Wildman–Crippen LogP) is 3.88. The van der Waals surface area contributed by atoms with Gasteiger partial charge in [0.25, 0.3) is 0 Å². The summed E-state index contributed by atoms with van der Waals surface area (Å²) in [5, 5.41) is 59.1. The Morgan fingerprint density at radius 2 is 1.45 bits per heavy atom. The van der Waals surface area contributed by atoms with Crippen LogP contribution < -0.4 is 10.5 Å². The Kier molecular flexibility index (Phi) is 8.02. The normalized spacial score (nSPS) is 16.4. The third-order valence-corrected chi connectivity index (χ3v) is 6.54. The van der Waals surface area contributed by atoms with Crippen LogP contribution in [0.1, 0.15) is 58.8 Å². The molecule has 0 unspecified atom stereocenters. The van der Waals surface area contributed by atoms with Gasteiger partial charge in [-0.3, -0.25) is 0 Å². The van der Waals surface area contributed by atoms with Crippen molar-refractivity contribution in [3.63, 3.8) is 0 Å². The van der Waals surface area contributed by atoms with E-state index in [2.05, 4.69) is 0 Å². The fourth-order valence-electron chi connectivity index (χ4n) is 4.53. The summed E-state index contributed by atoms with van der Waals surface area (Å²) in [4.78, 5) is 13.0. The quantitative estimate of drug-likeness (QED) is 0.123. The fourth-order valence-corrected chi connectivity index (χ4v) is 4.53. The second-order valence-electron chi connectivity index (χ2n) is 9.35. The van der Waals surface area contributed by atoms with Gasteiger partial charge in [0.2, 0.25) is 0 Å². The van der Waals surface area contributed by atoms with Crippen molar-refractivity contribution in [3.05, 3.63) is 64.7 Å². The van der Waals surface area contributed by atoms with Gasteiger partial charge in [0.1, 0.15) is 11.9 Å². The van der Waals surface area contributed by atoms with Gasteiger partial charge < -0.3 is 45.8 Å². The zero-order chi connectivity index (χ0) is 27.4. The van der Waals surface area contributed by atoms with Gasteiger partial charge in [0.15, 0.2) is 40.6 Å². The lowest BCUT2D eigenvalue weighted by Crippen LogP contribution is -2.34. The number of benzene rings is 3. The summed E-state index contributed by atoms with van der Waals surface area (Å²) in [6.45, 7) is 0.678. The molecule has 0 aromatic heterocycles. The van der Waals surface area contributed by atoms with Crippen LogP contribution in [0, 0.1) is 0 Å². The average Bonchev–Trinajstić information content (AvgIpc) is 2.89. The monoisotopic (exact) mass is 525 g/mol. The van der Waals surface area contributed by atoms with E-state index in [9.17, 15) is 35.4 Å². The van der Waals surface area contributed by atoms with E-state index in [1.54, 1.807) is 0 Å². The summed E-state index contributed by atoms with van der Waals surface area (Å²) in [7, 11) is 0. The van der Waals surface area contributed by atoms with Crippen LogP contribution in [0.15, 0.2) is 42.5 Å². The number of fused-ring (bicyclic) bond motifs is 1. The number of phenolic OH excluding ortho intramolecular Hbond substituents is 6. The molecule has 2 atom stereocenters. The number of aromatic hydroxyl groups is 6. The molecule has 202 valence electrons. The predicted molar refractivity (Wildman–Crippen MR) is 137 cm³/mol. The Balaban J connectivity index is 1.62. The molecule has 3 aromatic rings. The summed E-state index contributed by atoms with van der Waals surface area (Å²) in [5.41, 5.74) is 7.49. The molecule has 0 saturated carbocycles. The Morgan fingerprint density at radius 1 is 0.842 bits per heavy atom. The van der Waals surface area contributed by atoms with Crippen LogP contribution in [0.4, 0.5) is 0 Å². The Bertz CT molecular complexity index is 1280. The number of unbranched alkanes of at least 4 members (excludes halogenated alkanes) is 3. The van der Waals surface area contributed by atoms with Crippen LogP contribution in [0.3, 0.4) is 0 Å². The van der Waals surface area contributed by atoms with Crippen molar-refractivity contribution in [1.29, 1.82) is 0 Å². The smallest absolute Gasteiger partial charge is 0.338 e. The van der Waals surface area contributed by atoms with E-state index in [1.807, 2.05) is 18.2 Å². The van der Waals surface area contributed by atoms with Crippen molar-refractivity contribution < 1.29 is 44.9 Å². The van der Waals surface area contributed by atoms with E-state index >= 15 is 0 Å². The molecule has 38 heavy (non-hydrogen) atoms. The van der Waals surface area contributed by atoms with E-state index in [0.29, 0.717) is 12.3 Å². The zero-order valence-corrected chi connectivity index (χ0v) is 20.6. The van der Waals surface area contributed by atoms with E-state index in [1.165, 1.54) is 12.1 Å². The van der Waals surface area contributed by atoms with Gasteiger partial charge in [-0.1, -0.05) is 25.0 Å². The molecule has 0 radical (unpaired) electrons. The molecule has 0 bridgehead atoms. The molecule has 8 N–H and O–H groups in total. The highest BCUT2D eigenvalue weighted by Gasteiger charge is 2.36. The van der Waals surface area contributed by atoms with Crippen molar-refractivity contribution in [3.8, 4) is 40.2 Å². The lowest BCUT2D eigenvalue weighted by molar-refractivity contribution is -0.0184. The number of nitrogens with two attached hydrogens (primary N) is 1. The zero-order valence-electron chi connectivity index (χ0n) is 20.6. The number of esters is 1. The number of ether oxygens (including phenoxy) is 2. The molecule has 10 heteroatoms. The third-order valence-electron chi connectivity index (χ3n) is 6.54. The van der Waals surface area contributed by atoms with Gasteiger partial charge in [0, 0.05) is 12.0 Å². The van der Waals surface area contributed by atoms with Crippen molar-refractivity contribution in [2.45, 2.75) is 50.7 Å². The van der Waals surface area contributed by atoms with Crippen molar-refractivity contribution in [1.82, 2.24) is 0 Å². The fraction of sp³-hybridized carbons (Fsp3) is 0.321. The van der Waals surface area contributed by atoms with Gasteiger partial charge in [0.05, 0.1) is 5.56 Å². The average molecular weight is 526 g/mol. The maximum absolute atomic E-state index is 13.0. The number of hydrogen-bond donors (Lipinski definition) is 7. The molecule has 1 heterocycles. The molecule has 0 amide bonds. The number of carbonyl (C=O) groups is 1. The minimum Gasteiger partial charge on any atom is -0.504 e. The molecule has 0 spiro atoms. The topological polar surface area (TPSA) is 183 Å². The Morgan fingerprint density at radius 3 is 2.08 bits per heavy atom. The van der Waals surface area contributed by atoms with Crippen LogP contribution in [0.5, 0.6) is 40.2 Å². The van der Waals surface area contributed by atoms with Crippen molar-refractivity contribution >= 4 is 5.97 Å². The molecule has 1 aliphatic heterocycles. The first-order chi connectivity index (χ1) is 18.2. The highest BCUT2D eigenvalue weighted by Crippen LogP contribution is 2.43. The van der Waals surface area contributed by atoms with Gasteiger partial charge in [-0.2, -0.15) is 0 Å². The largest absolute Gasteiger partial charge is 0.504 e. The molecule has 10 nitrogen and oxygen atoms in total. The second-order valence-corrected chi connectivity index (χ2v) is 9.35. The summed E-state index contributed by atoms with van der Waals surface area (Å²) in [5.74, 6) is -4.34. The number of phenols is 6. The molecule has 4 rings (SSSR count). The van der Waals surface area contributed by atoms with Crippen LogP contribution >= 0.6 is 0 Å². The maximum Gasteiger partial charge on any atom is 0.338 e. The lowest BCUT2D eigenvalue weighted by atomic mass is 9.92. The summed E-state index contributed by atoms with van der Waals surface area (Å²) in [6.07, 6.45) is 3.29. The second kappa shape index (κ2) is 11.4. The third kappa shape index (κ3) is 5.81. The molecule has 0 fully saturated rings.